The predicted molar refractivity (Wildman–Crippen MR) is 85.6 cm³/mol. The zero-order valence-corrected chi connectivity index (χ0v) is 13.7. The van der Waals surface area contributed by atoms with Crippen molar-refractivity contribution in [1.82, 2.24) is 4.98 Å². The Hall–Kier alpha value is -1.65. The summed E-state index contributed by atoms with van der Waals surface area (Å²) in [6.07, 6.45) is 1.53. The molecule has 22 heavy (non-hydrogen) atoms. The third kappa shape index (κ3) is 2.36. The molecule has 0 radical (unpaired) electrons. The number of rotatable bonds is 3. The molecule has 4 nitrogen and oxygen atoms in total. The number of halogens is 1. The van der Waals surface area contributed by atoms with Gasteiger partial charge in [-0.3, -0.25) is 4.79 Å². The van der Waals surface area contributed by atoms with E-state index in [0.29, 0.717) is 18.8 Å². The van der Waals surface area contributed by atoms with Gasteiger partial charge in [0.1, 0.15) is 12.0 Å². The van der Waals surface area contributed by atoms with Crippen LogP contribution in [0.4, 0.5) is 15.9 Å². The van der Waals surface area contributed by atoms with E-state index in [1.807, 2.05) is 11.0 Å². The Labute approximate surface area is 131 Å². The van der Waals surface area contributed by atoms with Gasteiger partial charge in [0.25, 0.3) is 0 Å². The summed E-state index contributed by atoms with van der Waals surface area (Å²) >= 11 is 0. The Balaban J connectivity index is 1.64. The first-order valence-electron chi connectivity index (χ1n) is 7.89. The van der Waals surface area contributed by atoms with Crippen LogP contribution in [0.15, 0.2) is 18.3 Å². The number of nitrogens with zero attached hydrogens (tertiary/aromatic N) is 2. The zero-order chi connectivity index (χ0) is 16.1. The van der Waals surface area contributed by atoms with E-state index in [4.69, 9.17) is 0 Å². The van der Waals surface area contributed by atoms with E-state index >= 15 is 0 Å². The van der Waals surface area contributed by atoms with Crippen molar-refractivity contribution in [3.63, 3.8) is 0 Å². The Kier molecular flexibility index (Phi) is 3.42. The second-order valence-corrected chi connectivity index (χ2v) is 7.60. The molecular weight excluding hydrogens is 281 g/mol. The standard InChI is InChI=1S/C17H24FN3O/c1-16(2)14(17(16,3)4)15(22)20-13-6-5-12(9-19-13)21-8-7-11(18)10-21/h5-6,9,11,14H,7-8,10H2,1-4H3,(H,19,20,22). The van der Waals surface area contributed by atoms with Crippen molar-refractivity contribution in [2.75, 3.05) is 23.3 Å². The van der Waals surface area contributed by atoms with Crippen LogP contribution in [0.2, 0.25) is 0 Å². The molecule has 0 aromatic carbocycles. The molecule has 2 aliphatic rings. The number of amides is 1. The summed E-state index contributed by atoms with van der Waals surface area (Å²) in [5.74, 6) is 0.593. The van der Waals surface area contributed by atoms with Gasteiger partial charge >= 0.3 is 0 Å². The summed E-state index contributed by atoms with van der Waals surface area (Å²) in [5, 5.41) is 2.90. The van der Waals surface area contributed by atoms with E-state index in [0.717, 1.165) is 12.2 Å². The summed E-state index contributed by atoms with van der Waals surface area (Å²) in [4.78, 5) is 18.7. The van der Waals surface area contributed by atoms with E-state index in [1.54, 1.807) is 12.3 Å². The van der Waals surface area contributed by atoms with Crippen molar-refractivity contribution in [1.29, 1.82) is 0 Å². The van der Waals surface area contributed by atoms with Gasteiger partial charge in [-0.2, -0.15) is 0 Å². The number of pyridine rings is 1. The fraction of sp³-hybridized carbons (Fsp3) is 0.647. The van der Waals surface area contributed by atoms with Crippen LogP contribution < -0.4 is 10.2 Å². The van der Waals surface area contributed by atoms with Gasteiger partial charge in [-0.15, -0.1) is 0 Å². The zero-order valence-electron chi connectivity index (χ0n) is 13.7. The van der Waals surface area contributed by atoms with Crippen LogP contribution >= 0.6 is 0 Å². The third-order valence-electron chi connectivity index (χ3n) is 5.78. The molecule has 0 spiro atoms. The average molecular weight is 305 g/mol. The number of aromatic nitrogens is 1. The summed E-state index contributed by atoms with van der Waals surface area (Å²) in [6, 6.07) is 3.69. The van der Waals surface area contributed by atoms with Crippen molar-refractivity contribution in [3.05, 3.63) is 18.3 Å². The van der Waals surface area contributed by atoms with E-state index in [2.05, 4.69) is 38.0 Å². The van der Waals surface area contributed by atoms with Crippen LogP contribution in [0.1, 0.15) is 34.1 Å². The Morgan fingerprint density at radius 3 is 2.45 bits per heavy atom. The van der Waals surface area contributed by atoms with Crippen molar-refractivity contribution in [2.45, 2.75) is 40.3 Å². The summed E-state index contributed by atoms with van der Waals surface area (Å²) in [5.41, 5.74) is 0.941. The minimum atomic E-state index is -0.751. The second-order valence-electron chi connectivity index (χ2n) is 7.60. The largest absolute Gasteiger partial charge is 0.367 e. The minimum Gasteiger partial charge on any atom is -0.367 e. The van der Waals surface area contributed by atoms with Crippen LogP contribution in [-0.2, 0) is 4.79 Å². The SMILES string of the molecule is CC1(C)C(C(=O)Nc2ccc(N3CCC(F)C3)cn2)C1(C)C. The Bertz CT molecular complexity index is 568. The topological polar surface area (TPSA) is 45.2 Å². The molecule has 1 aliphatic carbocycles. The van der Waals surface area contributed by atoms with Gasteiger partial charge in [0.15, 0.2) is 0 Å². The molecule has 3 rings (SSSR count). The van der Waals surface area contributed by atoms with E-state index < -0.39 is 6.17 Å². The van der Waals surface area contributed by atoms with Crippen molar-refractivity contribution in [3.8, 4) is 0 Å². The molecule has 1 saturated carbocycles. The summed E-state index contributed by atoms with van der Waals surface area (Å²) < 4.78 is 13.2. The highest BCUT2D eigenvalue weighted by molar-refractivity contribution is 5.95. The molecule has 2 heterocycles. The normalized spacial score (nSPS) is 26.0. The molecular formula is C17H24FN3O. The first-order valence-corrected chi connectivity index (χ1v) is 7.89. The highest BCUT2D eigenvalue weighted by atomic mass is 19.1. The van der Waals surface area contributed by atoms with E-state index in [-0.39, 0.29) is 22.7 Å². The monoisotopic (exact) mass is 305 g/mol. The first kappa shape index (κ1) is 15.3. The van der Waals surface area contributed by atoms with Crippen molar-refractivity contribution >= 4 is 17.4 Å². The fourth-order valence-electron chi connectivity index (χ4n) is 3.65. The number of alkyl halides is 1. The lowest BCUT2D eigenvalue weighted by Gasteiger charge is -2.17. The summed E-state index contributed by atoms with van der Waals surface area (Å²) in [7, 11) is 0. The smallest absolute Gasteiger partial charge is 0.229 e. The van der Waals surface area contributed by atoms with E-state index in [9.17, 15) is 9.18 Å². The van der Waals surface area contributed by atoms with Gasteiger partial charge < -0.3 is 10.2 Å². The lowest BCUT2D eigenvalue weighted by atomic mass is 10.0. The molecule has 1 aromatic rings. The molecule has 1 saturated heterocycles. The molecule has 5 heteroatoms. The highest BCUT2D eigenvalue weighted by Crippen LogP contribution is 2.68. The van der Waals surface area contributed by atoms with Gasteiger partial charge in [-0.05, 0) is 29.4 Å². The number of anilines is 2. The van der Waals surface area contributed by atoms with Crippen molar-refractivity contribution in [2.24, 2.45) is 16.7 Å². The summed E-state index contributed by atoms with van der Waals surface area (Å²) in [6.45, 7) is 9.63. The lowest BCUT2D eigenvalue weighted by Crippen LogP contribution is -2.21. The van der Waals surface area contributed by atoms with Crippen LogP contribution in [0.3, 0.4) is 0 Å². The van der Waals surface area contributed by atoms with Crippen LogP contribution in [0, 0.1) is 16.7 Å². The third-order valence-corrected chi connectivity index (χ3v) is 5.78. The highest BCUT2D eigenvalue weighted by Gasteiger charge is 2.68. The minimum absolute atomic E-state index is 0.00681. The Morgan fingerprint density at radius 1 is 1.32 bits per heavy atom. The predicted octanol–water partition coefficient (Wildman–Crippen LogP) is 3.25. The van der Waals surface area contributed by atoms with Gasteiger partial charge in [-0.1, -0.05) is 27.7 Å². The number of nitrogens with one attached hydrogen (secondary N) is 1. The number of carbonyl (C=O) groups excluding carboxylic acids is 1. The van der Waals surface area contributed by atoms with Crippen molar-refractivity contribution < 1.29 is 9.18 Å². The molecule has 2 fully saturated rings. The molecule has 1 aromatic heterocycles. The van der Waals surface area contributed by atoms with Crippen LogP contribution in [0.25, 0.3) is 0 Å². The molecule has 0 bridgehead atoms. The molecule has 120 valence electrons. The molecule has 1 unspecified atom stereocenters. The maximum Gasteiger partial charge on any atom is 0.229 e. The maximum absolute atomic E-state index is 13.2. The van der Waals surface area contributed by atoms with E-state index in [1.165, 1.54) is 0 Å². The van der Waals surface area contributed by atoms with Gasteiger partial charge in [0, 0.05) is 19.0 Å². The molecule has 1 N–H and O–H groups in total. The maximum atomic E-state index is 13.2. The Morgan fingerprint density at radius 2 is 2.00 bits per heavy atom. The molecule has 1 aliphatic heterocycles. The average Bonchev–Trinajstić information content (AvgIpc) is 2.75. The van der Waals surface area contributed by atoms with Gasteiger partial charge in [0.05, 0.1) is 11.9 Å². The molecule has 1 amide bonds. The number of carbonyl (C=O) groups is 1. The molecule has 1 atom stereocenters. The van der Waals surface area contributed by atoms with Gasteiger partial charge in [-0.25, -0.2) is 9.37 Å². The first-order chi connectivity index (χ1) is 10.2. The lowest BCUT2D eigenvalue weighted by molar-refractivity contribution is -0.118. The second kappa shape index (κ2) is 4.93. The number of hydrogen-bond donors (Lipinski definition) is 1. The van der Waals surface area contributed by atoms with Crippen LogP contribution in [-0.4, -0.2) is 30.2 Å². The fourth-order valence-corrected chi connectivity index (χ4v) is 3.65. The van der Waals surface area contributed by atoms with Gasteiger partial charge in [0.2, 0.25) is 5.91 Å². The van der Waals surface area contributed by atoms with Crippen LogP contribution in [0.5, 0.6) is 0 Å². The number of hydrogen-bond acceptors (Lipinski definition) is 3. The quantitative estimate of drug-likeness (QED) is 0.932.